The Labute approximate surface area is 164 Å². The van der Waals surface area contributed by atoms with Gasteiger partial charge in [0.1, 0.15) is 5.69 Å². The Morgan fingerprint density at radius 3 is 2.64 bits per heavy atom. The third kappa shape index (κ3) is 3.51. The van der Waals surface area contributed by atoms with Crippen LogP contribution in [0.4, 0.5) is 11.4 Å². The number of hydrogen-bond acceptors (Lipinski definition) is 3. The number of aromatic nitrogens is 1. The van der Waals surface area contributed by atoms with Crippen LogP contribution in [-0.4, -0.2) is 23.3 Å². The molecule has 0 spiro atoms. The van der Waals surface area contributed by atoms with Crippen LogP contribution in [0.5, 0.6) is 0 Å². The summed E-state index contributed by atoms with van der Waals surface area (Å²) in [5.74, 6) is -0.450. The number of fused-ring (bicyclic) bond motifs is 1. The van der Waals surface area contributed by atoms with Crippen LogP contribution in [0.2, 0.25) is 0 Å². The molecular weight excluding hydrogens is 350 g/mol. The first kappa shape index (κ1) is 17.9. The lowest BCUT2D eigenvalue weighted by atomic mass is 10.1. The van der Waals surface area contributed by atoms with E-state index in [1.54, 1.807) is 17.0 Å². The van der Waals surface area contributed by atoms with Crippen LogP contribution >= 0.6 is 0 Å². The van der Waals surface area contributed by atoms with Gasteiger partial charge >= 0.3 is 0 Å². The topological polar surface area (TPSA) is 62.3 Å². The summed E-state index contributed by atoms with van der Waals surface area (Å²) < 4.78 is 0. The molecule has 0 atom stereocenters. The second-order valence-corrected chi connectivity index (χ2v) is 6.77. The van der Waals surface area contributed by atoms with Crippen molar-refractivity contribution in [1.82, 2.24) is 4.98 Å². The number of aryl methyl sites for hydroxylation is 1. The molecule has 1 aromatic heterocycles. The Bertz CT molecular complexity index is 1030. The fourth-order valence-corrected chi connectivity index (χ4v) is 3.40. The fraction of sp³-hybridized carbons (Fsp3) is 0.174. The zero-order valence-corrected chi connectivity index (χ0v) is 15.7. The summed E-state index contributed by atoms with van der Waals surface area (Å²) in [5, 5.41) is 2.87. The van der Waals surface area contributed by atoms with E-state index in [2.05, 4.69) is 17.2 Å². The molecular formula is C23H21N3O2. The molecule has 1 N–H and O–H groups in total. The monoisotopic (exact) mass is 371 g/mol. The number of rotatable bonds is 4. The number of carbonyl (C=O) groups excluding carboxylic acids is 2. The second-order valence-electron chi connectivity index (χ2n) is 6.77. The number of nitrogens with one attached hydrogen (secondary N) is 1. The summed E-state index contributed by atoms with van der Waals surface area (Å²) >= 11 is 0. The lowest BCUT2D eigenvalue weighted by molar-refractivity contribution is 0.0984. The van der Waals surface area contributed by atoms with E-state index in [0.29, 0.717) is 12.1 Å². The molecule has 4 rings (SSSR count). The summed E-state index contributed by atoms with van der Waals surface area (Å²) in [6.07, 6.45) is 3.28. The maximum Gasteiger partial charge on any atom is 0.276 e. The van der Waals surface area contributed by atoms with Gasteiger partial charge in [-0.05, 0) is 54.3 Å². The maximum absolute atomic E-state index is 12.9. The van der Waals surface area contributed by atoms with E-state index in [0.717, 1.165) is 29.8 Å². The highest BCUT2D eigenvalue weighted by atomic mass is 16.2. The standard InChI is InChI=1S/C23H21N3O2/c1-2-16-7-9-19(10-8-16)25-22(27)18-11-13-24-20(15-18)23(28)26-14-12-17-5-3-4-6-21(17)26/h3-11,13,15H,2,12,14H2,1H3,(H,25,27). The van der Waals surface area contributed by atoms with E-state index in [1.165, 1.54) is 11.8 Å². The maximum atomic E-state index is 12.9. The van der Waals surface area contributed by atoms with Gasteiger partial charge in [-0.3, -0.25) is 14.6 Å². The van der Waals surface area contributed by atoms with Crippen molar-refractivity contribution in [2.75, 3.05) is 16.8 Å². The molecule has 140 valence electrons. The first-order valence-corrected chi connectivity index (χ1v) is 9.42. The van der Waals surface area contributed by atoms with Crippen LogP contribution in [0.25, 0.3) is 0 Å². The van der Waals surface area contributed by atoms with Gasteiger partial charge in [0.25, 0.3) is 11.8 Å². The van der Waals surface area contributed by atoms with Gasteiger partial charge in [0.05, 0.1) is 0 Å². The fourth-order valence-electron chi connectivity index (χ4n) is 3.40. The van der Waals surface area contributed by atoms with Gasteiger partial charge in [-0.2, -0.15) is 0 Å². The number of pyridine rings is 1. The number of nitrogens with zero attached hydrogens (tertiary/aromatic N) is 2. The molecule has 1 aliphatic rings. The van der Waals surface area contributed by atoms with Gasteiger partial charge in [-0.15, -0.1) is 0 Å². The molecule has 0 saturated carbocycles. The van der Waals surface area contributed by atoms with Crippen molar-refractivity contribution in [2.24, 2.45) is 0 Å². The summed E-state index contributed by atoms with van der Waals surface area (Å²) in [6.45, 7) is 2.71. The molecule has 0 unspecified atom stereocenters. The Hall–Kier alpha value is -3.47. The number of hydrogen-bond donors (Lipinski definition) is 1. The summed E-state index contributed by atoms with van der Waals surface area (Å²) in [4.78, 5) is 31.5. The molecule has 2 aromatic carbocycles. The smallest absolute Gasteiger partial charge is 0.276 e. The first-order chi connectivity index (χ1) is 13.7. The van der Waals surface area contributed by atoms with Gasteiger partial charge in [-0.1, -0.05) is 37.3 Å². The van der Waals surface area contributed by atoms with Crippen molar-refractivity contribution in [2.45, 2.75) is 19.8 Å². The van der Waals surface area contributed by atoms with Crippen LogP contribution in [0.3, 0.4) is 0 Å². The summed E-state index contributed by atoms with van der Waals surface area (Å²) in [5.41, 5.74) is 4.68. The van der Waals surface area contributed by atoms with Crippen LogP contribution in [-0.2, 0) is 12.8 Å². The van der Waals surface area contributed by atoms with E-state index < -0.39 is 0 Å². The number of para-hydroxylation sites is 1. The molecule has 0 saturated heterocycles. The minimum absolute atomic E-state index is 0.188. The molecule has 0 aliphatic carbocycles. The molecule has 3 aromatic rings. The Kier molecular flexibility index (Phi) is 4.89. The van der Waals surface area contributed by atoms with Crippen molar-refractivity contribution in [3.05, 3.63) is 89.2 Å². The molecule has 0 bridgehead atoms. The minimum atomic E-state index is -0.262. The predicted molar refractivity (Wildman–Crippen MR) is 110 cm³/mol. The highest BCUT2D eigenvalue weighted by Gasteiger charge is 2.26. The van der Waals surface area contributed by atoms with Crippen molar-refractivity contribution in [1.29, 1.82) is 0 Å². The predicted octanol–water partition coefficient (Wildman–Crippen LogP) is 4.10. The highest BCUT2D eigenvalue weighted by molar-refractivity contribution is 6.09. The third-order valence-corrected chi connectivity index (χ3v) is 4.99. The minimum Gasteiger partial charge on any atom is -0.322 e. The largest absolute Gasteiger partial charge is 0.322 e. The van der Waals surface area contributed by atoms with Gasteiger partial charge in [0.15, 0.2) is 0 Å². The lowest BCUT2D eigenvalue weighted by Crippen LogP contribution is -2.30. The van der Waals surface area contributed by atoms with Crippen LogP contribution in [0.1, 0.15) is 38.9 Å². The molecule has 0 fully saturated rings. The molecule has 28 heavy (non-hydrogen) atoms. The molecule has 0 radical (unpaired) electrons. The Morgan fingerprint density at radius 2 is 1.86 bits per heavy atom. The molecule has 5 heteroatoms. The SMILES string of the molecule is CCc1ccc(NC(=O)c2ccnc(C(=O)N3CCc4ccccc43)c2)cc1. The van der Waals surface area contributed by atoms with E-state index in [9.17, 15) is 9.59 Å². The van der Waals surface area contributed by atoms with E-state index in [1.807, 2.05) is 48.5 Å². The Balaban J connectivity index is 1.52. The summed E-state index contributed by atoms with van der Waals surface area (Å²) in [6, 6.07) is 18.8. The van der Waals surface area contributed by atoms with Crippen LogP contribution in [0, 0.1) is 0 Å². The van der Waals surface area contributed by atoms with Crippen LogP contribution < -0.4 is 10.2 Å². The van der Waals surface area contributed by atoms with Gasteiger partial charge in [-0.25, -0.2) is 0 Å². The zero-order valence-electron chi connectivity index (χ0n) is 15.7. The van der Waals surface area contributed by atoms with Gasteiger partial charge in [0, 0.05) is 29.7 Å². The van der Waals surface area contributed by atoms with Crippen molar-refractivity contribution < 1.29 is 9.59 Å². The third-order valence-electron chi connectivity index (χ3n) is 4.99. The number of benzene rings is 2. The number of anilines is 2. The second kappa shape index (κ2) is 7.64. The zero-order chi connectivity index (χ0) is 19.5. The van der Waals surface area contributed by atoms with Crippen molar-refractivity contribution in [3.63, 3.8) is 0 Å². The van der Waals surface area contributed by atoms with Crippen molar-refractivity contribution in [3.8, 4) is 0 Å². The molecule has 2 heterocycles. The van der Waals surface area contributed by atoms with Gasteiger partial charge in [0.2, 0.25) is 0 Å². The average Bonchev–Trinajstić information content (AvgIpc) is 3.18. The Morgan fingerprint density at radius 1 is 1.07 bits per heavy atom. The van der Waals surface area contributed by atoms with E-state index >= 15 is 0 Å². The first-order valence-electron chi connectivity index (χ1n) is 9.42. The number of amides is 2. The lowest BCUT2D eigenvalue weighted by Gasteiger charge is -2.17. The highest BCUT2D eigenvalue weighted by Crippen LogP contribution is 2.28. The normalized spacial score (nSPS) is 12.5. The number of carbonyl (C=O) groups is 2. The van der Waals surface area contributed by atoms with E-state index in [4.69, 9.17) is 0 Å². The van der Waals surface area contributed by atoms with Crippen LogP contribution in [0.15, 0.2) is 66.9 Å². The summed E-state index contributed by atoms with van der Waals surface area (Å²) in [7, 11) is 0. The van der Waals surface area contributed by atoms with E-state index in [-0.39, 0.29) is 17.5 Å². The van der Waals surface area contributed by atoms with Crippen molar-refractivity contribution >= 4 is 23.2 Å². The quantitative estimate of drug-likeness (QED) is 0.751. The molecule has 1 aliphatic heterocycles. The molecule has 2 amide bonds. The van der Waals surface area contributed by atoms with Gasteiger partial charge < -0.3 is 10.2 Å². The molecule has 5 nitrogen and oxygen atoms in total. The average molecular weight is 371 g/mol.